The van der Waals surface area contributed by atoms with E-state index in [1.807, 2.05) is 78.9 Å². The summed E-state index contributed by atoms with van der Waals surface area (Å²) in [7, 11) is 0. The Morgan fingerprint density at radius 2 is 1.29 bits per heavy atom. The van der Waals surface area contributed by atoms with Gasteiger partial charge in [-0.05, 0) is 22.2 Å². The molecule has 4 rings (SSSR count). The highest BCUT2D eigenvalue weighted by atomic mass is 16.2. The van der Waals surface area contributed by atoms with Crippen molar-refractivity contribution < 1.29 is 9.59 Å². The molecule has 0 radical (unpaired) electrons. The third kappa shape index (κ3) is 3.59. The summed E-state index contributed by atoms with van der Waals surface area (Å²) in [4.78, 5) is 24.3. The standard InChI is InChI=1S/C23H17N3O2/c27-22(25-21-14-6-10-17-8-2-4-13-20(17)21)23(28)26-24-15-18-11-5-9-16-7-1-3-12-19(16)18/h1-15H,(H,25,27)(H,26,28). The molecule has 0 bridgehead atoms. The summed E-state index contributed by atoms with van der Waals surface area (Å²) in [6.45, 7) is 0. The van der Waals surface area contributed by atoms with Gasteiger partial charge in [-0.3, -0.25) is 9.59 Å². The molecule has 0 aliphatic rings. The number of hydrogen-bond donors (Lipinski definition) is 2. The quantitative estimate of drug-likeness (QED) is 0.325. The van der Waals surface area contributed by atoms with E-state index in [-0.39, 0.29) is 0 Å². The normalized spacial score (nSPS) is 11.0. The number of carbonyl (C=O) groups excluding carboxylic acids is 2. The van der Waals surface area contributed by atoms with Gasteiger partial charge in [-0.25, -0.2) is 5.43 Å². The summed E-state index contributed by atoms with van der Waals surface area (Å²) in [6.07, 6.45) is 1.53. The first kappa shape index (κ1) is 17.4. The molecule has 0 saturated carbocycles. The van der Waals surface area contributed by atoms with Gasteiger partial charge in [0, 0.05) is 16.6 Å². The Bertz CT molecular complexity index is 1200. The van der Waals surface area contributed by atoms with Crippen LogP contribution >= 0.6 is 0 Å². The number of amides is 2. The maximum atomic E-state index is 12.2. The summed E-state index contributed by atoms with van der Waals surface area (Å²) in [5.74, 6) is -1.60. The van der Waals surface area contributed by atoms with Gasteiger partial charge in [-0.15, -0.1) is 0 Å². The third-order valence-corrected chi connectivity index (χ3v) is 4.44. The van der Waals surface area contributed by atoms with Crippen molar-refractivity contribution in [2.75, 3.05) is 5.32 Å². The second kappa shape index (κ2) is 7.72. The van der Waals surface area contributed by atoms with Crippen LogP contribution in [0.2, 0.25) is 0 Å². The molecule has 4 aromatic rings. The van der Waals surface area contributed by atoms with Crippen LogP contribution in [-0.2, 0) is 9.59 Å². The predicted molar refractivity (Wildman–Crippen MR) is 112 cm³/mol. The van der Waals surface area contributed by atoms with Gasteiger partial charge in [0.15, 0.2) is 0 Å². The van der Waals surface area contributed by atoms with E-state index in [0.29, 0.717) is 5.69 Å². The second-order valence-corrected chi connectivity index (χ2v) is 6.25. The van der Waals surface area contributed by atoms with E-state index in [2.05, 4.69) is 15.8 Å². The number of anilines is 1. The number of nitrogens with one attached hydrogen (secondary N) is 2. The fraction of sp³-hybridized carbons (Fsp3) is 0. The molecule has 2 N–H and O–H groups in total. The van der Waals surface area contributed by atoms with Crippen molar-refractivity contribution >= 4 is 45.3 Å². The van der Waals surface area contributed by atoms with Gasteiger partial charge in [0.1, 0.15) is 0 Å². The van der Waals surface area contributed by atoms with Crippen LogP contribution in [0.1, 0.15) is 5.56 Å². The molecule has 5 heteroatoms. The molecule has 0 unspecified atom stereocenters. The third-order valence-electron chi connectivity index (χ3n) is 4.44. The monoisotopic (exact) mass is 367 g/mol. The van der Waals surface area contributed by atoms with Gasteiger partial charge in [0.05, 0.1) is 6.21 Å². The molecule has 4 aromatic carbocycles. The SMILES string of the molecule is O=C(NN=Cc1cccc2ccccc12)C(=O)Nc1cccc2ccccc12. The van der Waals surface area contributed by atoms with Gasteiger partial charge in [0.2, 0.25) is 0 Å². The van der Waals surface area contributed by atoms with Crippen molar-refractivity contribution in [1.29, 1.82) is 0 Å². The minimum atomic E-state index is -0.829. The maximum Gasteiger partial charge on any atom is 0.329 e. The van der Waals surface area contributed by atoms with Crippen LogP contribution < -0.4 is 10.7 Å². The molecule has 136 valence electrons. The van der Waals surface area contributed by atoms with Crippen LogP contribution in [0.3, 0.4) is 0 Å². The molecule has 0 spiro atoms. The van der Waals surface area contributed by atoms with E-state index >= 15 is 0 Å². The number of nitrogens with zero attached hydrogens (tertiary/aromatic N) is 1. The lowest BCUT2D eigenvalue weighted by atomic mass is 10.1. The fourth-order valence-electron chi connectivity index (χ4n) is 3.09. The van der Waals surface area contributed by atoms with Crippen LogP contribution in [-0.4, -0.2) is 18.0 Å². The molecule has 5 nitrogen and oxygen atoms in total. The van der Waals surface area contributed by atoms with Gasteiger partial charge < -0.3 is 5.32 Å². The highest BCUT2D eigenvalue weighted by molar-refractivity contribution is 6.40. The second-order valence-electron chi connectivity index (χ2n) is 6.25. The number of hydrazone groups is 1. The Morgan fingerprint density at radius 1 is 0.679 bits per heavy atom. The number of hydrogen-bond acceptors (Lipinski definition) is 3. The highest BCUT2D eigenvalue weighted by Gasteiger charge is 2.14. The number of fused-ring (bicyclic) bond motifs is 2. The number of carbonyl (C=O) groups is 2. The van der Waals surface area contributed by atoms with Crippen molar-refractivity contribution in [3.63, 3.8) is 0 Å². The topological polar surface area (TPSA) is 70.6 Å². The highest BCUT2D eigenvalue weighted by Crippen LogP contribution is 2.22. The van der Waals surface area contributed by atoms with Gasteiger partial charge in [-0.1, -0.05) is 78.9 Å². The zero-order chi connectivity index (χ0) is 19.3. The fourth-order valence-corrected chi connectivity index (χ4v) is 3.09. The Morgan fingerprint density at radius 3 is 2.07 bits per heavy atom. The molecule has 0 fully saturated rings. The average Bonchev–Trinajstić information content (AvgIpc) is 2.74. The van der Waals surface area contributed by atoms with E-state index in [9.17, 15) is 9.59 Å². The van der Waals surface area contributed by atoms with Crippen molar-refractivity contribution in [2.45, 2.75) is 0 Å². The zero-order valence-electron chi connectivity index (χ0n) is 14.9. The summed E-state index contributed by atoms with van der Waals surface area (Å²) in [6, 6.07) is 26.9. The largest absolute Gasteiger partial charge is 0.329 e. The predicted octanol–water partition coefficient (Wildman–Crippen LogP) is 4.08. The lowest BCUT2D eigenvalue weighted by Gasteiger charge is -2.07. The molecule has 28 heavy (non-hydrogen) atoms. The van der Waals surface area contributed by atoms with Crippen molar-refractivity contribution in [3.8, 4) is 0 Å². The molecule has 0 saturated heterocycles. The lowest BCUT2D eigenvalue weighted by molar-refractivity contribution is -0.136. The number of benzene rings is 4. The Labute approximate surface area is 161 Å². The van der Waals surface area contributed by atoms with Crippen molar-refractivity contribution in [3.05, 3.63) is 90.5 Å². The molecular formula is C23H17N3O2. The van der Waals surface area contributed by atoms with Crippen LogP contribution in [0, 0.1) is 0 Å². The first-order valence-electron chi connectivity index (χ1n) is 8.82. The van der Waals surface area contributed by atoms with E-state index in [4.69, 9.17) is 0 Å². The number of rotatable bonds is 3. The first-order chi connectivity index (χ1) is 13.7. The molecule has 0 aliphatic carbocycles. The molecular weight excluding hydrogens is 350 g/mol. The van der Waals surface area contributed by atoms with E-state index < -0.39 is 11.8 Å². The summed E-state index contributed by atoms with van der Waals surface area (Å²) in [5.41, 5.74) is 3.72. The van der Waals surface area contributed by atoms with Crippen LogP contribution in [0.15, 0.2) is 90.0 Å². The van der Waals surface area contributed by atoms with Crippen LogP contribution in [0.5, 0.6) is 0 Å². The summed E-state index contributed by atoms with van der Waals surface area (Å²) in [5, 5.41) is 10.5. The lowest BCUT2D eigenvalue weighted by Crippen LogP contribution is -2.32. The van der Waals surface area contributed by atoms with Crippen LogP contribution in [0.25, 0.3) is 21.5 Å². The molecule has 0 heterocycles. The zero-order valence-corrected chi connectivity index (χ0v) is 14.9. The van der Waals surface area contributed by atoms with E-state index in [1.54, 1.807) is 6.07 Å². The van der Waals surface area contributed by atoms with Gasteiger partial charge >= 0.3 is 11.8 Å². The van der Waals surface area contributed by atoms with Gasteiger partial charge in [-0.2, -0.15) is 5.10 Å². The summed E-state index contributed by atoms with van der Waals surface area (Å²) < 4.78 is 0. The van der Waals surface area contributed by atoms with E-state index in [0.717, 1.165) is 27.1 Å². The Kier molecular flexibility index (Phi) is 4.80. The minimum Gasteiger partial charge on any atom is -0.317 e. The average molecular weight is 367 g/mol. The minimum absolute atomic E-state index is 0.580. The van der Waals surface area contributed by atoms with Gasteiger partial charge in [0.25, 0.3) is 0 Å². The molecule has 0 aromatic heterocycles. The molecule has 2 amide bonds. The first-order valence-corrected chi connectivity index (χ1v) is 8.82. The smallest absolute Gasteiger partial charge is 0.317 e. The Hall–Kier alpha value is -3.99. The summed E-state index contributed by atoms with van der Waals surface area (Å²) >= 11 is 0. The molecule has 0 atom stereocenters. The van der Waals surface area contributed by atoms with Crippen molar-refractivity contribution in [2.24, 2.45) is 5.10 Å². The maximum absolute atomic E-state index is 12.2. The Balaban J connectivity index is 1.46. The van der Waals surface area contributed by atoms with Crippen LogP contribution in [0.4, 0.5) is 5.69 Å². The molecule has 0 aliphatic heterocycles. The van der Waals surface area contributed by atoms with E-state index in [1.165, 1.54) is 6.21 Å². The van der Waals surface area contributed by atoms with Crippen molar-refractivity contribution in [1.82, 2.24) is 5.43 Å².